The summed E-state index contributed by atoms with van der Waals surface area (Å²) in [7, 11) is 0. The van der Waals surface area contributed by atoms with Crippen LogP contribution in [0.2, 0.25) is 0 Å². The molecular formula is C20H21F3N2O. The van der Waals surface area contributed by atoms with Crippen LogP contribution in [0.4, 0.5) is 13.2 Å². The third kappa shape index (κ3) is 4.07. The Morgan fingerprint density at radius 2 is 1.85 bits per heavy atom. The molecule has 1 saturated heterocycles. The van der Waals surface area contributed by atoms with E-state index < -0.39 is 17.7 Å². The van der Waals surface area contributed by atoms with Gasteiger partial charge in [0.05, 0.1) is 17.5 Å². The largest absolute Gasteiger partial charge is 0.416 e. The Kier molecular flexibility index (Phi) is 5.32. The van der Waals surface area contributed by atoms with E-state index in [2.05, 4.69) is 10.6 Å². The molecule has 2 N–H and O–H groups in total. The molecule has 3 atom stereocenters. The number of hydrogen-bond acceptors (Lipinski definition) is 2. The van der Waals surface area contributed by atoms with Crippen LogP contribution >= 0.6 is 0 Å². The lowest BCUT2D eigenvalue weighted by molar-refractivity contribution is -0.137. The van der Waals surface area contributed by atoms with Gasteiger partial charge in [-0.15, -0.1) is 0 Å². The molecule has 1 heterocycles. The fourth-order valence-corrected chi connectivity index (χ4v) is 3.40. The van der Waals surface area contributed by atoms with Crippen LogP contribution in [-0.2, 0) is 11.0 Å². The van der Waals surface area contributed by atoms with Crippen LogP contribution in [0.5, 0.6) is 0 Å². The minimum absolute atomic E-state index is 0.145. The van der Waals surface area contributed by atoms with Crippen molar-refractivity contribution in [3.8, 4) is 0 Å². The van der Waals surface area contributed by atoms with Gasteiger partial charge >= 0.3 is 6.18 Å². The van der Waals surface area contributed by atoms with Gasteiger partial charge in [-0.2, -0.15) is 13.2 Å². The number of carbonyl (C=O) groups excluding carboxylic acids is 1. The van der Waals surface area contributed by atoms with Crippen molar-refractivity contribution in [3.05, 3.63) is 71.3 Å². The third-order valence-electron chi connectivity index (χ3n) is 4.85. The summed E-state index contributed by atoms with van der Waals surface area (Å²) in [6.07, 6.45) is -4.39. The summed E-state index contributed by atoms with van der Waals surface area (Å²) in [6.45, 7) is 2.84. The van der Waals surface area contributed by atoms with Gasteiger partial charge in [-0.3, -0.25) is 4.79 Å². The SMILES string of the molecule is C[C@H](NC(=O)[C@@H]1CNC[C@H]1c1cccc(C(F)(F)F)c1)c1ccccc1. The molecule has 3 nitrogen and oxygen atoms in total. The van der Waals surface area contributed by atoms with Crippen molar-refractivity contribution < 1.29 is 18.0 Å². The normalized spacial score (nSPS) is 21.4. The molecule has 1 aliphatic heterocycles. The third-order valence-corrected chi connectivity index (χ3v) is 4.85. The van der Waals surface area contributed by atoms with Gasteiger partial charge < -0.3 is 10.6 Å². The van der Waals surface area contributed by atoms with E-state index >= 15 is 0 Å². The highest BCUT2D eigenvalue weighted by atomic mass is 19.4. The van der Waals surface area contributed by atoms with Crippen LogP contribution in [0.25, 0.3) is 0 Å². The highest BCUT2D eigenvalue weighted by Crippen LogP contribution is 2.34. The molecule has 0 saturated carbocycles. The average Bonchev–Trinajstić information content (AvgIpc) is 3.12. The van der Waals surface area contributed by atoms with Crippen molar-refractivity contribution in [1.29, 1.82) is 0 Å². The predicted octanol–water partition coefficient (Wildman–Crippen LogP) is 3.89. The topological polar surface area (TPSA) is 41.1 Å². The zero-order chi connectivity index (χ0) is 18.7. The van der Waals surface area contributed by atoms with Crippen LogP contribution in [0, 0.1) is 5.92 Å². The smallest absolute Gasteiger partial charge is 0.349 e. The highest BCUT2D eigenvalue weighted by Gasteiger charge is 2.36. The number of hydrogen-bond donors (Lipinski definition) is 2. The summed E-state index contributed by atoms with van der Waals surface area (Å²) in [5, 5.41) is 6.11. The van der Waals surface area contributed by atoms with E-state index in [0.717, 1.165) is 17.7 Å². The molecule has 0 bridgehead atoms. The number of amides is 1. The summed E-state index contributed by atoms with van der Waals surface area (Å²) >= 11 is 0. The molecule has 1 fully saturated rings. The van der Waals surface area contributed by atoms with Crippen LogP contribution in [0.1, 0.15) is 35.6 Å². The van der Waals surface area contributed by atoms with E-state index in [9.17, 15) is 18.0 Å². The lowest BCUT2D eigenvalue weighted by atomic mass is 9.87. The number of carbonyl (C=O) groups is 1. The molecule has 2 aromatic rings. The maximum Gasteiger partial charge on any atom is 0.416 e. The Bertz CT molecular complexity index is 761. The average molecular weight is 362 g/mol. The number of nitrogens with one attached hydrogen (secondary N) is 2. The summed E-state index contributed by atoms with van der Waals surface area (Å²) < 4.78 is 38.9. The Labute approximate surface area is 150 Å². The number of rotatable bonds is 4. The van der Waals surface area contributed by atoms with Crippen molar-refractivity contribution in [2.24, 2.45) is 5.92 Å². The van der Waals surface area contributed by atoms with Crippen LogP contribution in [-0.4, -0.2) is 19.0 Å². The van der Waals surface area contributed by atoms with Gasteiger partial charge in [-0.25, -0.2) is 0 Å². The number of halogens is 3. The molecule has 3 rings (SSSR count). The van der Waals surface area contributed by atoms with Gasteiger partial charge in [0.25, 0.3) is 0 Å². The lowest BCUT2D eigenvalue weighted by Gasteiger charge is -2.22. The first-order chi connectivity index (χ1) is 12.4. The minimum Gasteiger partial charge on any atom is -0.349 e. The van der Waals surface area contributed by atoms with Crippen molar-refractivity contribution >= 4 is 5.91 Å². The Balaban J connectivity index is 1.75. The van der Waals surface area contributed by atoms with Gasteiger partial charge in [-0.1, -0.05) is 48.5 Å². The van der Waals surface area contributed by atoms with Crippen molar-refractivity contribution in [2.45, 2.75) is 25.1 Å². The minimum atomic E-state index is -4.39. The van der Waals surface area contributed by atoms with Crippen LogP contribution < -0.4 is 10.6 Å². The fourth-order valence-electron chi connectivity index (χ4n) is 3.40. The number of alkyl halides is 3. The maximum atomic E-state index is 13.0. The van der Waals surface area contributed by atoms with Gasteiger partial charge in [-0.05, 0) is 24.1 Å². The Morgan fingerprint density at radius 1 is 1.12 bits per heavy atom. The Hall–Kier alpha value is -2.34. The van der Waals surface area contributed by atoms with E-state index in [1.165, 1.54) is 6.07 Å². The zero-order valence-electron chi connectivity index (χ0n) is 14.4. The molecule has 0 aliphatic carbocycles. The molecule has 0 unspecified atom stereocenters. The zero-order valence-corrected chi connectivity index (χ0v) is 14.4. The summed E-state index contributed by atoms with van der Waals surface area (Å²) in [5.74, 6) is -0.821. The first kappa shape index (κ1) is 18.5. The van der Waals surface area contributed by atoms with Crippen LogP contribution in [0.15, 0.2) is 54.6 Å². The van der Waals surface area contributed by atoms with Gasteiger partial charge in [0, 0.05) is 19.0 Å². The van der Waals surface area contributed by atoms with E-state index in [0.29, 0.717) is 18.7 Å². The Morgan fingerprint density at radius 3 is 2.54 bits per heavy atom. The van der Waals surface area contributed by atoms with Gasteiger partial charge in [0.15, 0.2) is 0 Å². The quantitative estimate of drug-likeness (QED) is 0.867. The first-order valence-electron chi connectivity index (χ1n) is 8.59. The molecule has 6 heteroatoms. The van der Waals surface area contributed by atoms with Crippen molar-refractivity contribution in [2.75, 3.05) is 13.1 Å². The first-order valence-corrected chi connectivity index (χ1v) is 8.59. The van der Waals surface area contributed by atoms with E-state index in [1.54, 1.807) is 6.07 Å². The second-order valence-electron chi connectivity index (χ2n) is 6.64. The van der Waals surface area contributed by atoms with Crippen molar-refractivity contribution in [1.82, 2.24) is 10.6 Å². The second-order valence-corrected chi connectivity index (χ2v) is 6.64. The summed E-state index contributed by atoms with van der Waals surface area (Å²) in [6, 6.07) is 14.7. The molecule has 1 aliphatic rings. The van der Waals surface area contributed by atoms with Crippen molar-refractivity contribution in [3.63, 3.8) is 0 Å². The standard InChI is InChI=1S/C20H21F3N2O/c1-13(14-6-3-2-4-7-14)25-19(26)18-12-24-11-17(18)15-8-5-9-16(10-15)20(21,22)23/h2-10,13,17-18,24H,11-12H2,1H3,(H,25,26)/t13-,17-,18+/m0/s1. The van der Waals surface area contributed by atoms with Gasteiger partial charge in [0.1, 0.15) is 0 Å². The highest BCUT2D eigenvalue weighted by molar-refractivity contribution is 5.81. The fraction of sp³-hybridized carbons (Fsp3) is 0.350. The van der Waals surface area contributed by atoms with E-state index in [-0.39, 0.29) is 17.9 Å². The summed E-state index contributed by atoms with van der Waals surface area (Å²) in [4.78, 5) is 12.7. The maximum absolute atomic E-state index is 13.0. The van der Waals surface area contributed by atoms with E-state index in [4.69, 9.17) is 0 Å². The molecule has 1 amide bonds. The monoisotopic (exact) mass is 362 g/mol. The molecule has 0 aromatic heterocycles. The molecule has 2 aromatic carbocycles. The van der Waals surface area contributed by atoms with Gasteiger partial charge in [0.2, 0.25) is 5.91 Å². The number of benzene rings is 2. The molecule has 138 valence electrons. The predicted molar refractivity (Wildman–Crippen MR) is 93.5 cm³/mol. The van der Waals surface area contributed by atoms with E-state index in [1.807, 2.05) is 37.3 Å². The van der Waals surface area contributed by atoms with Crippen LogP contribution in [0.3, 0.4) is 0 Å². The summed E-state index contributed by atoms with van der Waals surface area (Å²) in [5.41, 5.74) is 0.846. The second kappa shape index (κ2) is 7.50. The lowest BCUT2D eigenvalue weighted by Crippen LogP contribution is -2.36. The molecule has 0 spiro atoms. The molecular weight excluding hydrogens is 341 g/mol. The molecule has 26 heavy (non-hydrogen) atoms. The molecule has 0 radical (unpaired) electrons.